The molecule has 0 fully saturated rings. The molecule has 0 aliphatic heterocycles. The Balaban J connectivity index is 1.77. The van der Waals surface area contributed by atoms with Gasteiger partial charge in [-0.2, -0.15) is 0 Å². The maximum Gasteiger partial charge on any atom is 0.124 e. The molecule has 4 nitrogen and oxygen atoms in total. The van der Waals surface area contributed by atoms with Gasteiger partial charge >= 0.3 is 0 Å². The van der Waals surface area contributed by atoms with Crippen molar-refractivity contribution in [2.45, 2.75) is 13.0 Å². The number of hydrogen-bond acceptors (Lipinski definition) is 3. The molecular formula is C13H15N3O. The van der Waals surface area contributed by atoms with Gasteiger partial charge in [0, 0.05) is 37.3 Å². The summed E-state index contributed by atoms with van der Waals surface area (Å²) < 4.78 is 2.02. The van der Waals surface area contributed by atoms with Gasteiger partial charge in [0.15, 0.2) is 0 Å². The molecule has 1 heterocycles. The summed E-state index contributed by atoms with van der Waals surface area (Å²) in [6.45, 7) is 1.66. The van der Waals surface area contributed by atoms with E-state index >= 15 is 0 Å². The van der Waals surface area contributed by atoms with Crippen LogP contribution in [-0.4, -0.2) is 27.4 Å². The average Bonchev–Trinajstić information content (AvgIpc) is 2.84. The molecule has 2 aromatic rings. The Hall–Kier alpha value is -2.10. The van der Waals surface area contributed by atoms with Crippen LogP contribution in [0.15, 0.2) is 48.0 Å². The predicted molar refractivity (Wildman–Crippen MR) is 67.4 cm³/mol. The van der Waals surface area contributed by atoms with Gasteiger partial charge in [0.2, 0.25) is 0 Å². The summed E-state index contributed by atoms with van der Waals surface area (Å²) >= 11 is 0. The van der Waals surface area contributed by atoms with Gasteiger partial charge in [0.05, 0.1) is 6.33 Å². The van der Waals surface area contributed by atoms with Crippen molar-refractivity contribution in [3.05, 3.63) is 48.5 Å². The van der Waals surface area contributed by atoms with E-state index in [1.165, 1.54) is 0 Å². The highest BCUT2D eigenvalue weighted by molar-refractivity contribution is 5.83. The van der Waals surface area contributed by atoms with Gasteiger partial charge < -0.3 is 9.67 Å². The Labute approximate surface area is 100 Å². The second kappa shape index (κ2) is 5.84. The first-order chi connectivity index (χ1) is 8.36. The zero-order chi connectivity index (χ0) is 11.9. The Morgan fingerprint density at radius 3 is 3.00 bits per heavy atom. The fraction of sp³-hybridized carbons (Fsp3) is 0.231. The molecule has 0 amide bonds. The normalized spacial score (nSPS) is 11.1. The first-order valence-electron chi connectivity index (χ1n) is 5.60. The number of aromatic nitrogens is 2. The first kappa shape index (κ1) is 11.4. The van der Waals surface area contributed by atoms with Crippen LogP contribution in [0.1, 0.15) is 12.0 Å². The first-order valence-corrected chi connectivity index (χ1v) is 5.60. The van der Waals surface area contributed by atoms with Gasteiger partial charge in [0.1, 0.15) is 5.75 Å². The van der Waals surface area contributed by atoms with E-state index in [1.54, 1.807) is 30.9 Å². The highest BCUT2D eigenvalue weighted by Crippen LogP contribution is 2.12. The van der Waals surface area contributed by atoms with Crippen molar-refractivity contribution in [2.24, 2.45) is 4.99 Å². The molecule has 1 N–H and O–H groups in total. The van der Waals surface area contributed by atoms with Gasteiger partial charge in [-0.15, -0.1) is 0 Å². The van der Waals surface area contributed by atoms with Crippen LogP contribution in [0.25, 0.3) is 0 Å². The number of imidazole rings is 1. The predicted octanol–water partition coefficient (Wildman–Crippen LogP) is 2.10. The summed E-state index contributed by atoms with van der Waals surface area (Å²) in [5.41, 5.74) is 0.759. The Morgan fingerprint density at radius 2 is 2.24 bits per heavy atom. The third-order valence-electron chi connectivity index (χ3n) is 2.43. The van der Waals surface area contributed by atoms with E-state index in [0.29, 0.717) is 0 Å². The van der Waals surface area contributed by atoms with Gasteiger partial charge in [-0.25, -0.2) is 4.98 Å². The zero-order valence-corrected chi connectivity index (χ0v) is 9.53. The second-order valence-electron chi connectivity index (χ2n) is 3.75. The number of nitrogens with zero attached hydrogens (tertiary/aromatic N) is 3. The summed E-state index contributed by atoms with van der Waals surface area (Å²) in [5, 5.41) is 9.51. The number of hydrogen-bond donors (Lipinski definition) is 1. The lowest BCUT2D eigenvalue weighted by atomic mass is 10.2. The standard InChI is InChI=1S/C13H15N3O/c17-13-5-2-1-4-12(13)10-14-6-3-8-16-9-7-15-11-16/h1-2,4-5,7,9-11,17H,3,6,8H2/b14-10+. The molecule has 1 aromatic carbocycles. The van der Waals surface area contributed by atoms with E-state index in [2.05, 4.69) is 9.98 Å². The van der Waals surface area contributed by atoms with Gasteiger partial charge in [-0.05, 0) is 18.6 Å². The summed E-state index contributed by atoms with van der Waals surface area (Å²) in [6, 6.07) is 7.18. The highest BCUT2D eigenvalue weighted by Gasteiger charge is 1.94. The van der Waals surface area contributed by atoms with Crippen LogP contribution in [0.5, 0.6) is 5.75 Å². The van der Waals surface area contributed by atoms with Gasteiger partial charge in [-0.3, -0.25) is 4.99 Å². The van der Waals surface area contributed by atoms with Crippen molar-refractivity contribution in [2.75, 3.05) is 6.54 Å². The smallest absolute Gasteiger partial charge is 0.124 e. The number of phenolic OH excluding ortho intramolecular Hbond substituents is 1. The number of para-hydroxylation sites is 1. The number of aliphatic imine (C=N–C) groups is 1. The van der Waals surface area contributed by atoms with Crippen LogP contribution >= 0.6 is 0 Å². The van der Waals surface area contributed by atoms with Crippen LogP contribution in [0.2, 0.25) is 0 Å². The topological polar surface area (TPSA) is 50.4 Å². The molecule has 0 radical (unpaired) electrons. The van der Waals surface area contributed by atoms with E-state index in [-0.39, 0.29) is 5.75 Å². The van der Waals surface area contributed by atoms with E-state index in [0.717, 1.165) is 25.1 Å². The molecule has 0 saturated heterocycles. The van der Waals surface area contributed by atoms with Crippen molar-refractivity contribution < 1.29 is 5.11 Å². The minimum atomic E-state index is 0.269. The molecule has 4 heteroatoms. The lowest BCUT2D eigenvalue weighted by Crippen LogP contribution is -1.96. The molecule has 1 aromatic heterocycles. The Morgan fingerprint density at radius 1 is 1.35 bits per heavy atom. The van der Waals surface area contributed by atoms with Crippen molar-refractivity contribution in [3.8, 4) is 5.75 Å². The largest absolute Gasteiger partial charge is 0.507 e. The van der Waals surface area contributed by atoms with E-state index in [9.17, 15) is 5.11 Å². The third kappa shape index (κ3) is 3.45. The SMILES string of the molecule is Oc1ccccc1/C=N/CCCn1ccnc1. The van der Waals surface area contributed by atoms with Crippen LogP contribution < -0.4 is 0 Å². The molecule has 0 aliphatic carbocycles. The van der Waals surface area contributed by atoms with Crippen LogP contribution in [-0.2, 0) is 6.54 Å². The van der Waals surface area contributed by atoms with Crippen LogP contribution in [0.4, 0.5) is 0 Å². The maximum atomic E-state index is 9.51. The molecule has 0 aliphatic rings. The number of phenols is 1. The van der Waals surface area contributed by atoms with E-state index in [4.69, 9.17) is 0 Å². The highest BCUT2D eigenvalue weighted by atomic mass is 16.3. The number of aryl methyl sites for hydroxylation is 1. The van der Waals surface area contributed by atoms with Crippen LogP contribution in [0.3, 0.4) is 0 Å². The lowest BCUT2D eigenvalue weighted by Gasteiger charge is -1.99. The second-order valence-corrected chi connectivity index (χ2v) is 3.75. The fourth-order valence-electron chi connectivity index (χ4n) is 1.52. The van der Waals surface area contributed by atoms with Gasteiger partial charge in [0.25, 0.3) is 0 Å². The van der Waals surface area contributed by atoms with Crippen molar-refractivity contribution in [1.29, 1.82) is 0 Å². The molecule has 0 unspecified atom stereocenters. The molecule has 88 valence electrons. The average molecular weight is 229 g/mol. The van der Waals surface area contributed by atoms with Crippen LogP contribution in [0, 0.1) is 0 Å². The number of benzene rings is 1. The summed E-state index contributed by atoms with van der Waals surface area (Å²) in [7, 11) is 0. The maximum absolute atomic E-state index is 9.51. The van der Waals surface area contributed by atoms with Crippen molar-refractivity contribution in [1.82, 2.24) is 9.55 Å². The molecular weight excluding hydrogens is 214 g/mol. The molecule has 0 saturated carbocycles. The number of rotatable bonds is 5. The fourth-order valence-corrected chi connectivity index (χ4v) is 1.52. The third-order valence-corrected chi connectivity index (χ3v) is 2.43. The minimum Gasteiger partial charge on any atom is -0.507 e. The zero-order valence-electron chi connectivity index (χ0n) is 9.53. The van der Waals surface area contributed by atoms with Crippen molar-refractivity contribution >= 4 is 6.21 Å². The molecule has 0 bridgehead atoms. The van der Waals surface area contributed by atoms with Crippen molar-refractivity contribution in [3.63, 3.8) is 0 Å². The summed E-state index contributed by atoms with van der Waals surface area (Å²) in [6.07, 6.45) is 8.18. The molecule has 17 heavy (non-hydrogen) atoms. The quantitative estimate of drug-likeness (QED) is 0.630. The van der Waals surface area contributed by atoms with Gasteiger partial charge in [-0.1, -0.05) is 12.1 Å². The monoisotopic (exact) mass is 229 g/mol. The van der Waals surface area contributed by atoms with E-state index < -0.39 is 0 Å². The summed E-state index contributed by atoms with van der Waals surface area (Å²) in [4.78, 5) is 8.25. The van der Waals surface area contributed by atoms with E-state index in [1.807, 2.05) is 22.9 Å². The summed E-state index contributed by atoms with van der Waals surface area (Å²) in [5.74, 6) is 0.269. The molecule has 2 rings (SSSR count). The minimum absolute atomic E-state index is 0.269. The Kier molecular flexibility index (Phi) is 3.91. The molecule has 0 spiro atoms. The Bertz CT molecular complexity index is 477. The number of aromatic hydroxyl groups is 1. The lowest BCUT2D eigenvalue weighted by molar-refractivity contribution is 0.474. The molecule has 0 atom stereocenters.